The van der Waals surface area contributed by atoms with Gasteiger partial charge in [-0.1, -0.05) is 6.07 Å². The van der Waals surface area contributed by atoms with Gasteiger partial charge in [-0.25, -0.2) is 17.2 Å². The highest BCUT2D eigenvalue weighted by molar-refractivity contribution is 8.13. The highest BCUT2D eigenvalue weighted by Crippen LogP contribution is 2.24. The minimum Gasteiger partial charge on any atom is -0.338 e. The van der Waals surface area contributed by atoms with Crippen LogP contribution in [0, 0.1) is 17.6 Å². The van der Waals surface area contributed by atoms with Crippen LogP contribution in [0.2, 0.25) is 0 Å². The molecule has 0 aliphatic carbocycles. The molecule has 1 aromatic rings. The lowest BCUT2D eigenvalue weighted by Gasteiger charge is -2.17. The minimum atomic E-state index is -3.70. The summed E-state index contributed by atoms with van der Waals surface area (Å²) in [6, 6.07) is 3.46. The van der Waals surface area contributed by atoms with Crippen molar-refractivity contribution in [2.75, 3.05) is 12.3 Å². The minimum absolute atomic E-state index is 0.0159. The van der Waals surface area contributed by atoms with Gasteiger partial charge in [0.1, 0.15) is 11.6 Å². The summed E-state index contributed by atoms with van der Waals surface area (Å²) in [6.07, 6.45) is 0.0159. The topological polar surface area (TPSA) is 54.5 Å². The molecule has 0 bridgehead atoms. The molecule has 1 atom stereocenters. The molecule has 1 amide bonds. The Morgan fingerprint density at radius 2 is 1.90 bits per heavy atom. The van der Waals surface area contributed by atoms with Gasteiger partial charge < -0.3 is 4.90 Å². The number of benzene rings is 1. The lowest BCUT2D eigenvalue weighted by molar-refractivity contribution is -0.128. The predicted octanol–water partition coefficient (Wildman–Crippen LogP) is 1.88. The van der Waals surface area contributed by atoms with Crippen LogP contribution >= 0.6 is 10.7 Å². The summed E-state index contributed by atoms with van der Waals surface area (Å²) in [5, 5.41) is 0. The number of carbonyl (C=O) groups is 1. The van der Waals surface area contributed by atoms with Crippen molar-refractivity contribution >= 4 is 25.6 Å². The number of likely N-dealkylation sites (tertiary alicyclic amines) is 1. The summed E-state index contributed by atoms with van der Waals surface area (Å²) >= 11 is 0. The van der Waals surface area contributed by atoms with E-state index in [0.717, 1.165) is 12.1 Å². The van der Waals surface area contributed by atoms with E-state index in [1.165, 1.54) is 11.0 Å². The third-order valence-electron chi connectivity index (χ3n) is 3.14. The molecule has 1 aliphatic heterocycles. The van der Waals surface area contributed by atoms with Crippen LogP contribution in [0.3, 0.4) is 0 Å². The molecule has 0 saturated carbocycles. The Hall–Kier alpha value is -1.21. The van der Waals surface area contributed by atoms with Crippen molar-refractivity contribution in [2.45, 2.75) is 13.0 Å². The number of nitrogens with zero attached hydrogens (tertiary/aromatic N) is 1. The maximum absolute atomic E-state index is 13.5. The van der Waals surface area contributed by atoms with Crippen LogP contribution in [0.25, 0.3) is 0 Å². The molecule has 1 fully saturated rings. The monoisotopic (exact) mass is 323 g/mol. The summed E-state index contributed by atoms with van der Waals surface area (Å²) in [5.74, 6) is -2.56. The van der Waals surface area contributed by atoms with Gasteiger partial charge in [0.05, 0.1) is 12.3 Å². The Labute approximate surface area is 119 Å². The number of rotatable bonds is 4. The number of halogens is 3. The lowest BCUT2D eigenvalue weighted by Crippen LogP contribution is -2.26. The maximum atomic E-state index is 13.5. The molecule has 0 radical (unpaired) electrons. The molecular formula is C12H12ClF2NO3S. The molecule has 20 heavy (non-hydrogen) atoms. The average molecular weight is 324 g/mol. The summed E-state index contributed by atoms with van der Waals surface area (Å²) in [5.41, 5.74) is -0.199. The fourth-order valence-electron chi connectivity index (χ4n) is 2.27. The van der Waals surface area contributed by atoms with E-state index >= 15 is 0 Å². The van der Waals surface area contributed by atoms with Crippen LogP contribution in [0.4, 0.5) is 8.78 Å². The van der Waals surface area contributed by atoms with E-state index < -0.39 is 26.6 Å². The summed E-state index contributed by atoms with van der Waals surface area (Å²) in [6.45, 7) is -0.0886. The molecule has 1 heterocycles. The normalized spacial score (nSPS) is 19.6. The molecule has 2 rings (SSSR count). The number of carbonyl (C=O) groups excluding carboxylic acids is 1. The molecule has 4 nitrogen and oxygen atoms in total. The fraction of sp³-hybridized carbons (Fsp3) is 0.417. The molecule has 1 saturated heterocycles. The second kappa shape index (κ2) is 5.65. The van der Waals surface area contributed by atoms with Crippen molar-refractivity contribution in [2.24, 2.45) is 5.92 Å². The molecule has 0 N–H and O–H groups in total. The molecule has 0 spiro atoms. The van der Waals surface area contributed by atoms with Crippen LogP contribution in [-0.4, -0.2) is 31.5 Å². The number of amides is 1. The molecule has 110 valence electrons. The SMILES string of the molecule is O=C1CC(CS(=O)(=O)Cl)CN1Cc1c(F)cccc1F. The molecule has 1 aromatic carbocycles. The highest BCUT2D eigenvalue weighted by atomic mass is 35.7. The second-order valence-corrected chi connectivity index (χ2v) is 7.57. The van der Waals surface area contributed by atoms with E-state index in [-0.39, 0.29) is 36.7 Å². The van der Waals surface area contributed by atoms with Crippen molar-refractivity contribution in [3.8, 4) is 0 Å². The zero-order valence-electron chi connectivity index (χ0n) is 10.4. The fourth-order valence-corrected chi connectivity index (χ4v) is 3.60. The number of hydrogen-bond acceptors (Lipinski definition) is 3. The third kappa shape index (κ3) is 3.67. The lowest BCUT2D eigenvalue weighted by atomic mass is 10.1. The second-order valence-electron chi connectivity index (χ2n) is 4.75. The van der Waals surface area contributed by atoms with Crippen LogP contribution in [0.15, 0.2) is 18.2 Å². The smallest absolute Gasteiger partial charge is 0.232 e. The molecule has 0 aromatic heterocycles. The Bertz CT molecular complexity index is 615. The quantitative estimate of drug-likeness (QED) is 0.795. The van der Waals surface area contributed by atoms with E-state index in [4.69, 9.17) is 10.7 Å². The van der Waals surface area contributed by atoms with E-state index in [1.807, 2.05) is 0 Å². The van der Waals surface area contributed by atoms with Crippen molar-refractivity contribution in [1.29, 1.82) is 0 Å². The van der Waals surface area contributed by atoms with Crippen LogP contribution < -0.4 is 0 Å². The first-order valence-corrected chi connectivity index (χ1v) is 8.37. The molecule has 1 unspecified atom stereocenters. The Morgan fingerprint density at radius 3 is 2.45 bits per heavy atom. The van der Waals surface area contributed by atoms with Crippen LogP contribution in [0.1, 0.15) is 12.0 Å². The first-order valence-electron chi connectivity index (χ1n) is 5.89. The van der Waals surface area contributed by atoms with Gasteiger partial charge in [0.15, 0.2) is 0 Å². The zero-order valence-corrected chi connectivity index (χ0v) is 11.9. The van der Waals surface area contributed by atoms with Gasteiger partial charge in [-0.15, -0.1) is 0 Å². The van der Waals surface area contributed by atoms with Gasteiger partial charge >= 0.3 is 0 Å². The van der Waals surface area contributed by atoms with Gasteiger partial charge in [0, 0.05) is 35.1 Å². The van der Waals surface area contributed by atoms with E-state index in [1.54, 1.807) is 0 Å². The Morgan fingerprint density at radius 1 is 1.30 bits per heavy atom. The Balaban J connectivity index is 2.10. The van der Waals surface area contributed by atoms with Gasteiger partial charge in [0.2, 0.25) is 15.0 Å². The molecular weight excluding hydrogens is 312 g/mol. The molecule has 8 heteroatoms. The largest absolute Gasteiger partial charge is 0.338 e. The Kier molecular flexibility index (Phi) is 4.29. The summed E-state index contributed by atoms with van der Waals surface area (Å²) < 4.78 is 49.0. The van der Waals surface area contributed by atoms with Gasteiger partial charge in [-0.05, 0) is 12.1 Å². The van der Waals surface area contributed by atoms with Crippen molar-refractivity contribution < 1.29 is 22.0 Å². The van der Waals surface area contributed by atoms with Crippen LogP contribution in [0.5, 0.6) is 0 Å². The molecule has 1 aliphatic rings. The summed E-state index contributed by atoms with van der Waals surface area (Å²) in [4.78, 5) is 13.0. The number of hydrogen-bond donors (Lipinski definition) is 0. The van der Waals surface area contributed by atoms with Crippen molar-refractivity contribution in [3.63, 3.8) is 0 Å². The van der Waals surface area contributed by atoms with Crippen molar-refractivity contribution in [1.82, 2.24) is 4.90 Å². The van der Waals surface area contributed by atoms with Crippen LogP contribution in [-0.2, 0) is 20.4 Å². The van der Waals surface area contributed by atoms with E-state index in [9.17, 15) is 22.0 Å². The van der Waals surface area contributed by atoms with Gasteiger partial charge in [-0.2, -0.15) is 0 Å². The summed E-state index contributed by atoms with van der Waals surface area (Å²) in [7, 11) is 1.44. The highest BCUT2D eigenvalue weighted by Gasteiger charge is 2.33. The third-order valence-corrected chi connectivity index (χ3v) is 4.39. The predicted molar refractivity (Wildman–Crippen MR) is 69.5 cm³/mol. The maximum Gasteiger partial charge on any atom is 0.232 e. The standard InChI is InChI=1S/C12H12ClF2NO3S/c13-20(18,19)7-8-4-12(17)16(5-8)6-9-10(14)2-1-3-11(9)15/h1-3,8H,4-7H2. The average Bonchev–Trinajstić information content (AvgIpc) is 2.62. The van der Waals surface area contributed by atoms with Crippen molar-refractivity contribution in [3.05, 3.63) is 35.4 Å². The first kappa shape index (κ1) is 15.2. The zero-order chi connectivity index (χ0) is 14.9. The first-order chi connectivity index (χ1) is 9.26. The van der Waals surface area contributed by atoms with E-state index in [0.29, 0.717) is 0 Å². The van der Waals surface area contributed by atoms with Gasteiger partial charge in [-0.3, -0.25) is 4.79 Å². The van der Waals surface area contributed by atoms with E-state index in [2.05, 4.69) is 0 Å². The van der Waals surface area contributed by atoms with Gasteiger partial charge in [0.25, 0.3) is 0 Å².